The number of fused-ring (bicyclic) bond motifs is 1. The summed E-state index contributed by atoms with van der Waals surface area (Å²) in [6.45, 7) is 0. The van der Waals surface area contributed by atoms with E-state index in [4.69, 9.17) is 5.14 Å². The minimum atomic E-state index is -4.15. The van der Waals surface area contributed by atoms with Crippen LogP contribution in [0.3, 0.4) is 0 Å². The molecule has 28 heavy (non-hydrogen) atoms. The van der Waals surface area contributed by atoms with Crippen LogP contribution in [0.5, 0.6) is 0 Å². The predicted octanol–water partition coefficient (Wildman–Crippen LogP) is 0.565. The number of carbonyl (C=O) groups is 3. The number of primary sulfonamides is 1. The molecule has 2 aromatic rings. The highest BCUT2D eigenvalue weighted by Gasteiger charge is 2.30. The smallest absolute Gasteiger partial charge is 0.238 e. The first kappa shape index (κ1) is 19.7. The average Bonchev–Trinajstić information content (AvgIpc) is 2.63. The predicted molar refractivity (Wildman–Crippen MR) is 98.0 cm³/mol. The van der Waals surface area contributed by atoms with Crippen molar-refractivity contribution >= 4 is 27.6 Å². The summed E-state index contributed by atoms with van der Waals surface area (Å²) in [4.78, 5) is 35.6. The van der Waals surface area contributed by atoms with E-state index in [-0.39, 0.29) is 34.4 Å². The van der Waals surface area contributed by atoms with Gasteiger partial charge in [-0.15, -0.1) is 0 Å². The van der Waals surface area contributed by atoms with E-state index < -0.39 is 27.6 Å². The Kier molecular flexibility index (Phi) is 5.26. The van der Waals surface area contributed by atoms with Crippen molar-refractivity contribution in [2.45, 2.75) is 24.2 Å². The summed E-state index contributed by atoms with van der Waals surface area (Å²) in [5.74, 6) is -2.19. The molecule has 3 rings (SSSR count). The molecule has 0 heterocycles. The molecule has 0 fully saturated rings. The SMILES string of the molecule is NS(=O)(=O)c1cccc2c1C(=O)C=C(Cc1cccc(CCC(=O)[O-])c1)C2=O. The summed E-state index contributed by atoms with van der Waals surface area (Å²) < 4.78 is 23.4. The highest BCUT2D eigenvalue weighted by atomic mass is 32.2. The van der Waals surface area contributed by atoms with Crippen molar-refractivity contribution in [1.29, 1.82) is 0 Å². The molecule has 144 valence electrons. The number of aryl methyl sites for hydroxylation is 1. The molecule has 0 amide bonds. The molecule has 2 aromatic carbocycles. The lowest BCUT2D eigenvalue weighted by Crippen LogP contribution is -2.24. The quantitative estimate of drug-likeness (QED) is 0.756. The summed E-state index contributed by atoms with van der Waals surface area (Å²) in [5, 5.41) is 15.8. The third-order valence-electron chi connectivity index (χ3n) is 4.42. The van der Waals surface area contributed by atoms with E-state index in [1.165, 1.54) is 18.2 Å². The molecule has 0 saturated heterocycles. The van der Waals surface area contributed by atoms with Gasteiger partial charge in [0.25, 0.3) is 0 Å². The largest absolute Gasteiger partial charge is 0.550 e. The van der Waals surface area contributed by atoms with Crippen LogP contribution in [0.25, 0.3) is 0 Å². The second kappa shape index (κ2) is 7.49. The molecule has 0 aliphatic heterocycles. The zero-order chi connectivity index (χ0) is 20.5. The lowest BCUT2D eigenvalue weighted by molar-refractivity contribution is -0.305. The minimum Gasteiger partial charge on any atom is -0.550 e. The molecular weight excluding hydrogens is 382 g/mol. The second-order valence-corrected chi connectivity index (χ2v) is 7.99. The molecule has 8 heteroatoms. The van der Waals surface area contributed by atoms with Crippen LogP contribution in [0.15, 0.2) is 59.0 Å². The summed E-state index contributed by atoms with van der Waals surface area (Å²) in [5.41, 5.74) is 1.52. The van der Waals surface area contributed by atoms with Gasteiger partial charge in [-0.2, -0.15) is 0 Å². The number of benzene rings is 2. The maximum Gasteiger partial charge on any atom is 0.238 e. The number of carbonyl (C=O) groups excluding carboxylic acids is 3. The molecule has 1 aliphatic rings. The number of ketones is 2. The average molecular weight is 398 g/mol. The van der Waals surface area contributed by atoms with Crippen molar-refractivity contribution in [3.8, 4) is 0 Å². The molecule has 0 aromatic heterocycles. The zero-order valence-corrected chi connectivity index (χ0v) is 15.5. The van der Waals surface area contributed by atoms with Crippen molar-refractivity contribution < 1.29 is 27.9 Å². The van der Waals surface area contributed by atoms with Gasteiger partial charge in [-0.05, 0) is 36.1 Å². The lowest BCUT2D eigenvalue weighted by Gasteiger charge is -2.17. The van der Waals surface area contributed by atoms with Gasteiger partial charge in [0, 0.05) is 23.5 Å². The van der Waals surface area contributed by atoms with Gasteiger partial charge in [0.05, 0.1) is 10.5 Å². The van der Waals surface area contributed by atoms with E-state index in [1.54, 1.807) is 24.3 Å². The Balaban J connectivity index is 1.92. The maximum absolute atomic E-state index is 12.8. The van der Waals surface area contributed by atoms with Crippen LogP contribution >= 0.6 is 0 Å². The topological polar surface area (TPSA) is 134 Å². The van der Waals surface area contributed by atoms with Crippen LogP contribution in [-0.2, 0) is 27.7 Å². The third-order valence-corrected chi connectivity index (χ3v) is 5.38. The van der Waals surface area contributed by atoms with Gasteiger partial charge in [0.15, 0.2) is 11.6 Å². The Morgan fingerprint density at radius 1 is 1.04 bits per heavy atom. The molecule has 0 spiro atoms. The molecule has 0 saturated carbocycles. The molecule has 0 bridgehead atoms. The number of carboxylic acid groups (broad SMARTS) is 1. The number of rotatable bonds is 6. The molecule has 7 nitrogen and oxygen atoms in total. The lowest BCUT2D eigenvalue weighted by atomic mass is 9.86. The summed E-state index contributed by atoms with van der Waals surface area (Å²) in [6, 6.07) is 11.0. The number of Topliss-reactive ketones (excluding diaryl/α,β-unsaturated/α-hetero) is 1. The summed E-state index contributed by atoms with van der Waals surface area (Å²) in [6.07, 6.45) is 1.46. The van der Waals surface area contributed by atoms with E-state index in [0.717, 1.165) is 17.2 Å². The van der Waals surface area contributed by atoms with Crippen LogP contribution in [0.2, 0.25) is 0 Å². The van der Waals surface area contributed by atoms with Crippen LogP contribution in [0.1, 0.15) is 38.3 Å². The maximum atomic E-state index is 12.8. The molecule has 0 atom stereocenters. The Morgan fingerprint density at radius 2 is 1.71 bits per heavy atom. The van der Waals surface area contributed by atoms with Gasteiger partial charge in [-0.25, -0.2) is 13.6 Å². The van der Waals surface area contributed by atoms with Crippen molar-refractivity contribution in [1.82, 2.24) is 0 Å². The first-order valence-electron chi connectivity index (χ1n) is 8.40. The first-order chi connectivity index (χ1) is 13.2. The summed E-state index contributed by atoms with van der Waals surface area (Å²) in [7, 11) is -4.15. The molecule has 1 aliphatic carbocycles. The van der Waals surface area contributed by atoms with E-state index in [1.807, 2.05) is 0 Å². The van der Waals surface area contributed by atoms with E-state index in [2.05, 4.69) is 0 Å². The van der Waals surface area contributed by atoms with Crippen LogP contribution in [0, 0.1) is 0 Å². The number of hydrogen-bond donors (Lipinski definition) is 1. The zero-order valence-electron chi connectivity index (χ0n) is 14.7. The number of sulfonamides is 1. The molecule has 0 unspecified atom stereocenters. The van der Waals surface area contributed by atoms with Crippen molar-refractivity contribution in [3.63, 3.8) is 0 Å². The number of nitrogens with two attached hydrogens (primary N) is 1. The number of allylic oxidation sites excluding steroid dienone is 2. The number of hydrogen-bond acceptors (Lipinski definition) is 6. The van der Waals surface area contributed by atoms with E-state index >= 15 is 0 Å². The van der Waals surface area contributed by atoms with Crippen LogP contribution in [-0.4, -0.2) is 26.0 Å². The van der Waals surface area contributed by atoms with Crippen molar-refractivity contribution in [2.75, 3.05) is 0 Å². The number of carboxylic acids is 1. The fourth-order valence-electron chi connectivity index (χ4n) is 3.17. The minimum absolute atomic E-state index is 0.00197. The van der Waals surface area contributed by atoms with Gasteiger partial charge in [-0.3, -0.25) is 9.59 Å². The van der Waals surface area contributed by atoms with Crippen LogP contribution < -0.4 is 10.2 Å². The summed E-state index contributed by atoms with van der Waals surface area (Å²) >= 11 is 0. The number of aliphatic carboxylic acids is 1. The Morgan fingerprint density at radius 3 is 2.39 bits per heavy atom. The fourth-order valence-corrected chi connectivity index (χ4v) is 3.94. The molecular formula is C20H16NO6S-. The van der Waals surface area contributed by atoms with Crippen molar-refractivity contribution in [2.24, 2.45) is 5.14 Å². The second-order valence-electron chi connectivity index (χ2n) is 6.46. The molecule has 0 radical (unpaired) electrons. The normalized spacial score (nSPS) is 13.8. The third kappa shape index (κ3) is 4.08. The molecule has 2 N–H and O–H groups in total. The highest BCUT2D eigenvalue weighted by Crippen LogP contribution is 2.28. The van der Waals surface area contributed by atoms with Crippen molar-refractivity contribution in [3.05, 3.63) is 76.4 Å². The first-order valence-corrected chi connectivity index (χ1v) is 9.94. The fraction of sp³-hybridized carbons (Fsp3) is 0.150. The Labute approximate surface area is 161 Å². The van der Waals surface area contributed by atoms with Gasteiger partial charge >= 0.3 is 0 Å². The van der Waals surface area contributed by atoms with Gasteiger partial charge in [0.2, 0.25) is 10.0 Å². The Hall–Kier alpha value is -3.10. The Bertz CT molecular complexity index is 1130. The van der Waals surface area contributed by atoms with E-state index in [0.29, 0.717) is 6.42 Å². The van der Waals surface area contributed by atoms with E-state index in [9.17, 15) is 27.9 Å². The highest BCUT2D eigenvalue weighted by molar-refractivity contribution is 7.89. The van der Waals surface area contributed by atoms with Gasteiger partial charge < -0.3 is 9.90 Å². The van der Waals surface area contributed by atoms with Gasteiger partial charge in [0.1, 0.15) is 0 Å². The standard InChI is InChI=1S/C20H17NO6S/c21-28(26,27)17-6-2-5-15-19(17)16(22)11-14(20(15)25)10-13-4-1-3-12(9-13)7-8-18(23)24/h1-6,9,11H,7-8,10H2,(H,23,24)(H2,21,26,27)/p-1. The monoisotopic (exact) mass is 398 g/mol. The van der Waals surface area contributed by atoms with Gasteiger partial charge in [-0.1, -0.05) is 36.4 Å². The van der Waals surface area contributed by atoms with Crippen LogP contribution in [0.4, 0.5) is 0 Å².